The molecule has 4 nitrogen and oxygen atoms in total. The van der Waals surface area contributed by atoms with Crippen molar-refractivity contribution in [2.24, 2.45) is 5.73 Å². The quantitative estimate of drug-likeness (QED) is 0.713. The first-order valence-corrected chi connectivity index (χ1v) is 7.20. The van der Waals surface area contributed by atoms with Crippen LogP contribution in [0.2, 0.25) is 0 Å². The van der Waals surface area contributed by atoms with Gasteiger partial charge in [-0.05, 0) is 32.0 Å². The van der Waals surface area contributed by atoms with Gasteiger partial charge in [0.25, 0.3) is 0 Å². The van der Waals surface area contributed by atoms with Crippen molar-refractivity contribution in [3.8, 4) is 0 Å². The number of hydrogen-bond donors (Lipinski definition) is 2. The van der Waals surface area contributed by atoms with Crippen LogP contribution >= 0.6 is 0 Å². The molecule has 1 rings (SSSR count). The van der Waals surface area contributed by atoms with Crippen molar-refractivity contribution in [1.29, 1.82) is 0 Å². The lowest BCUT2D eigenvalue weighted by atomic mass is 10.0. The molecule has 0 aliphatic rings. The van der Waals surface area contributed by atoms with Crippen LogP contribution in [0.4, 0.5) is 13.2 Å². The predicted molar refractivity (Wildman–Crippen MR) is 78.8 cm³/mol. The number of rotatable bonds is 8. The Morgan fingerprint density at radius 1 is 1.27 bits per heavy atom. The number of nitrogens with one attached hydrogen (secondary N) is 1. The summed E-state index contributed by atoms with van der Waals surface area (Å²) in [5.41, 5.74) is 5.81. The SMILES string of the molecule is CCN(CCNC)C(=O)CC(N)Cc1cc(F)c(F)cc1F. The molecule has 0 radical (unpaired) electrons. The Morgan fingerprint density at radius 3 is 2.50 bits per heavy atom. The van der Waals surface area contributed by atoms with Crippen LogP contribution in [-0.2, 0) is 11.2 Å². The second-order valence-electron chi connectivity index (χ2n) is 5.10. The molecule has 0 saturated carbocycles. The van der Waals surface area contributed by atoms with Crippen LogP contribution in [0, 0.1) is 17.5 Å². The minimum atomic E-state index is -1.24. The highest BCUT2D eigenvalue weighted by molar-refractivity contribution is 5.76. The zero-order valence-electron chi connectivity index (χ0n) is 12.8. The predicted octanol–water partition coefficient (Wildman–Crippen LogP) is 1.43. The molecule has 0 bridgehead atoms. The fraction of sp³-hybridized carbons (Fsp3) is 0.533. The first kappa shape index (κ1) is 18.4. The molecule has 0 aromatic heterocycles. The summed E-state index contributed by atoms with van der Waals surface area (Å²) in [5.74, 6) is -3.37. The first-order valence-electron chi connectivity index (χ1n) is 7.20. The van der Waals surface area contributed by atoms with Gasteiger partial charge in [0, 0.05) is 38.2 Å². The van der Waals surface area contributed by atoms with Gasteiger partial charge in [-0.3, -0.25) is 4.79 Å². The standard InChI is InChI=1S/C15H22F3N3O/c1-3-21(5-4-20-2)15(22)8-11(19)6-10-7-13(17)14(18)9-12(10)16/h7,9,11,20H,3-6,8,19H2,1-2H3. The van der Waals surface area contributed by atoms with Crippen LogP contribution in [-0.4, -0.2) is 43.5 Å². The lowest BCUT2D eigenvalue weighted by Crippen LogP contribution is -2.39. The van der Waals surface area contributed by atoms with E-state index in [1.54, 1.807) is 11.9 Å². The first-order chi connectivity index (χ1) is 10.4. The Kier molecular flexibility index (Phi) is 7.34. The smallest absolute Gasteiger partial charge is 0.224 e. The van der Waals surface area contributed by atoms with E-state index in [4.69, 9.17) is 5.73 Å². The number of nitrogens with two attached hydrogens (primary N) is 1. The topological polar surface area (TPSA) is 58.4 Å². The Balaban J connectivity index is 2.64. The Morgan fingerprint density at radius 2 is 1.91 bits per heavy atom. The van der Waals surface area contributed by atoms with Gasteiger partial charge in [-0.25, -0.2) is 13.2 Å². The molecule has 0 aliphatic carbocycles. The van der Waals surface area contributed by atoms with Gasteiger partial charge in [0.2, 0.25) is 5.91 Å². The van der Waals surface area contributed by atoms with Crippen molar-refractivity contribution in [3.05, 3.63) is 35.1 Å². The van der Waals surface area contributed by atoms with E-state index < -0.39 is 23.5 Å². The van der Waals surface area contributed by atoms with Crippen molar-refractivity contribution < 1.29 is 18.0 Å². The summed E-state index contributed by atoms with van der Waals surface area (Å²) >= 11 is 0. The number of nitrogens with zero attached hydrogens (tertiary/aromatic N) is 1. The molecule has 1 unspecified atom stereocenters. The molecule has 1 atom stereocenters. The second-order valence-corrected chi connectivity index (χ2v) is 5.10. The van der Waals surface area contributed by atoms with Gasteiger partial charge in [0.05, 0.1) is 0 Å². The van der Waals surface area contributed by atoms with E-state index in [0.717, 1.165) is 6.07 Å². The monoisotopic (exact) mass is 317 g/mol. The molecule has 0 fully saturated rings. The van der Waals surface area contributed by atoms with Crippen LogP contribution in [0.15, 0.2) is 12.1 Å². The van der Waals surface area contributed by atoms with Gasteiger partial charge in [0.15, 0.2) is 11.6 Å². The van der Waals surface area contributed by atoms with E-state index in [0.29, 0.717) is 25.7 Å². The van der Waals surface area contributed by atoms with Crippen LogP contribution in [0.5, 0.6) is 0 Å². The molecule has 3 N–H and O–H groups in total. The summed E-state index contributed by atoms with van der Waals surface area (Å²) in [6.07, 6.45) is -0.00561. The van der Waals surface area contributed by atoms with Crippen molar-refractivity contribution in [2.75, 3.05) is 26.7 Å². The number of halogens is 3. The normalized spacial score (nSPS) is 12.3. The molecule has 0 saturated heterocycles. The van der Waals surface area contributed by atoms with Crippen LogP contribution in [0.3, 0.4) is 0 Å². The molecular weight excluding hydrogens is 295 g/mol. The fourth-order valence-corrected chi connectivity index (χ4v) is 2.13. The van der Waals surface area contributed by atoms with Gasteiger partial charge >= 0.3 is 0 Å². The highest BCUT2D eigenvalue weighted by Crippen LogP contribution is 2.16. The van der Waals surface area contributed by atoms with Crippen LogP contribution in [0.25, 0.3) is 0 Å². The van der Waals surface area contributed by atoms with Gasteiger partial charge in [0.1, 0.15) is 5.82 Å². The summed E-state index contributed by atoms with van der Waals surface area (Å²) in [4.78, 5) is 13.7. The van der Waals surface area contributed by atoms with Crippen molar-refractivity contribution in [1.82, 2.24) is 10.2 Å². The zero-order valence-corrected chi connectivity index (χ0v) is 12.8. The summed E-state index contributed by atoms with van der Waals surface area (Å²) in [5, 5.41) is 2.95. The number of amides is 1. The lowest BCUT2D eigenvalue weighted by molar-refractivity contribution is -0.131. The summed E-state index contributed by atoms with van der Waals surface area (Å²) in [6, 6.07) is 0.619. The van der Waals surface area contributed by atoms with Gasteiger partial charge in [-0.2, -0.15) is 0 Å². The van der Waals surface area contributed by atoms with Gasteiger partial charge in [-0.15, -0.1) is 0 Å². The number of hydrogen-bond acceptors (Lipinski definition) is 3. The largest absolute Gasteiger partial charge is 0.342 e. The summed E-state index contributed by atoms with van der Waals surface area (Å²) in [6.45, 7) is 3.62. The third-order valence-electron chi connectivity index (χ3n) is 3.37. The summed E-state index contributed by atoms with van der Waals surface area (Å²) in [7, 11) is 1.79. The second kappa shape index (κ2) is 8.75. The molecule has 0 heterocycles. The lowest BCUT2D eigenvalue weighted by Gasteiger charge is -2.22. The maximum atomic E-state index is 13.6. The Hall–Kier alpha value is -1.60. The minimum Gasteiger partial charge on any atom is -0.342 e. The molecule has 0 aliphatic heterocycles. The number of benzene rings is 1. The van der Waals surface area contributed by atoms with Crippen molar-refractivity contribution in [3.63, 3.8) is 0 Å². The third kappa shape index (κ3) is 5.31. The molecule has 1 aromatic carbocycles. The maximum Gasteiger partial charge on any atom is 0.224 e. The molecular formula is C15H22F3N3O. The van der Waals surface area contributed by atoms with Gasteiger partial charge < -0.3 is 16.0 Å². The van der Waals surface area contributed by atoms with E-state index in [-0.39, 0.29) is 24.3 Å². The van der Waals surface area contributed by atoms with E-state index in [2.05, 4.69) is 5.32 Å². The van der Waals surface area contributed by atoms with Crippen LogP contribution in [0.1, 0.15) is 18.9 Å². The minimum absolute atomic E-state index is 0.0238. The molecule has 1 aromatic rings. The highest BCUT2D eigenvalue weighted by Gasteiger charge is 2.18. The Labute approximate surface area is 128 Å². The molecule has 7 heteroatoms. The van der Waals surface area contributed by atoms with E-state index in [1.165, 1.54) is 0 Å². The van der Waals surface area contributed by atoms with E-state index in [9.17, 15) is 18.0 Å². The average molecular weight is 317 g/mol. The number of carbonyl (C=O) groups excluding carboxylic acids is 1. The number of carbonyl (C=O) groups is 1. The van der Waals surface area contributed by atoms with E-state index >= 15 is 0 Å². The molecule has 22 heavy (non-hydrogen) atoms. The number of likely N-dealkylation sites (N-methyl/N-ethyl adjacent to an activating group) is 2. The van der Waals surface area contributed by atoms with Crippen molar-refractivity contribution >= 4 is 5.91 Å². The van der Waals surface area contributed by atoms with E-state index in [1.807, 2.05) is 6.92 Å². The maximum absolute atomic E-state index is 13.6. The Bertz CT molecular complexity index is 511. The van der Waals surface area contributed by atoms with Crippen LogP contribution < -0.4 is 11.1 Å². The molecule has 124 valence electrons. The highest BCUT2D eigenvalue weighted by atomic mass is 19.2. The zero-order chi connectivity index (χ0) is 16.7. The third-order valence-corrected chi connectivity index (χ3v) is 3.37. The molecule has 1 amide bonds. The fourth-order valence-electron chi connectivity index (χ4n) is 2.13. The molecule has 0 spiro atoms. The van der Waals surface area contributed by atoms with Crippen molar-refractivity contribution in [2.45, 2.75) is 25.8 Å². The summed E-state index contributed by atoms with van der Waals surface area (Å²) < 4.78 is 39.5. The van der Waals surface area contributed by atoms with Gasteiger partial charge in [-0.1, -0.05) is 0 Å². The average Bonchev–Trinajstić information content (AvgIpc) is 2.45.